The van der Waals surface area contributed by atoms with Crippen molar-refractivity contribution in [1.29, 1.82) is 0 Å². The molecule has 1 saturated heterocycles. The maximum atomic E-state index is 12.7. The minimum atomic E-state index is -3.39. The van der Waals surface area contributed by atoms with Crippen LogP contribution < -0.4 is 0 Å². The molecule has 0 unspecified atom stereocenters. The number of rotatable bonds is 2. The van der Waals surface area contributed by atoms with Gasteiger partial charge >= 0.3 is 0 Å². The summed E-state index contributed by atoms with van der Waals surface area (Å²) in [5.41, 5.74) is 0.514. The van der Waals surface area contributed by atoms with Gasteiger partial charge in [0.15, 0.2) is 0 Å². The summed E-state index contributed by atoms with van der Waals surface area (Å²) >= 11 is 0. The third kappa shape index (κ3) is 3.33. The van der Waals surface area contributed by atoms with Crippen LogP contribution in [0.3, 0.4) is 0 Å². The number of amidine groups is 1. The van der Waals surface area contributed by atoms with Gasteiger partial charge in [0, 0.05) is 44.8 Å². The van der Waals surface area contributed by atoms with Crippen molar-refractivity contribution in [2.24, 2.45) is 10.3 Å². The highest BCUT2D eigenvalue weighted by molar-refractivity contribution is 7.90. The first-order chi connectivity index (χ1) is 11.9. The molecule has 0 N–H and O–H groups in total. The lowest BCUT2D eigenvalue weighted by Crippen LogP contribution is -2.51. The van der Waals surface area contributed by atoms with Gasteiger partial charge < -0.3 is 14.7 Å². The standard InChI is InChI=1S/C16H20N4O4S/c21-15(12-1-2-12)18-5-7-19(8-6-18)16(22)13-3-4-14-17-25(23,24)10-9-20(14)11-13/h3-4,11-12H,1-2,5-10H2. The summed E-state index contributed by atoms with van der Waals surface area (Å²) in [7, 11) is -3.39. The van der Waals surface area contributed by atoms with Crippen molar-refractivity contribution in [3.63, 3.8) is 0 Å². The molecule has 25 heavy (non-hydrogen) atoms. The van der Waals surface area contributed by atoms with Crippen LogP contribution in [0.15, 0.2) is 28.3 Å². The van der Waals surface area contributed by atoms with Crippen molar-refractivity contribution in [3.05, 3.63) is 23.9 Å². The number of fused-ring (bicyclic) bond motifs is 1. The van der Waals surface area contributed by atoms with Crippen molar-refractivity contribution < 1.29 is 18.0 Å². The van der Waals surface area contributed by atoms with Gasteiger partial charge in [-0.15, -0.1) is 4.40 Å². The normalized spacial score (nSPS) is 25.2. The Balaban J connectivity index is 1.40. The minimum absolute atomic E-state index is 0.0513. The van der Waals surface area contributed by atoms with E-state index in [0.29, 0.717) is 44.1 Å². The third-order valence-electron chi connectivity index (χ3n) is 4.88. The van der Waals surface area contributed by atoms with E-state index in [1.165, 1.54) is 0 Å². The van der Waals surface area contributed by atoms with Gasteiger partial charge in [-0.3, -0.25) is 9.59 Å². The molecule has 8 nitrogen and oxygen atoms in total. The Morgan fingerprint density at radius 2 is 1.68 bits per heavy atom. The average molecular weight is 364 g/mol. The van der Waals surface area contributed by atoms with Crippen molar-refractivity contribution in [1.82, 2.24) is 14.7 Å². The molecule has 0 atom stereocenters. The first-order valence-corrected chi connectivity index (χ1v) is 10.1. The predicted molar refractivity (Wildman–Crippen MR) is 91.0 cm³/mol. The number of piperazine rings is 1. The molecule has 0 radical (unpaired) electrons. The smallest absolute Gasteiger partial charge is 0.256 e. The minimum Gasteiger partial charge on any atom is -0.339 e. The number of hydrogen-bond acceptors (Lipinski definition) is 5. The zero-order valence-corrected chi connectivity index (χ0v) is 14.6. The second-order valence-corrected chi connectivity index (χ2v) is 8.49. The van der Waals surface area contributed by atoms with Gasteiger partial charge in [0.2, 0.25) is 5.91 Å². The summed E-state index contributed by atoms with van der Waals surface area (Å²) in [5.74, 6) is 0.632. The van der Waals surface area contributed by atoms with Crippen LogP contribution in [0.4, 0.5) is 0 Å². The topological polar surface area (TPSA) is 90.4 Å². The zero-order valence-electron chi connectivity index (χ0n) is 13.8. The number of sulfonamides is 1. The van der Waals surface area contributed by atoms with Crippen molar-refractivity contribution in [2.45, 2.75) is 12.8 Å². The number of amides is 2. The zero-order chi connectivity index (χ0) is 17.6. The lowest BCUT2D eigenvalue weighted by Gasteiger charge is -2.36. The first-order valence-electron chi connectivity index (χ1n) is 8.50. The Hall–Kier alpha value is -2.16. The van der Waals surface area contributed by atoms with E-state index in [-0.39, 0.29) is 23.5 Å². The summed E-state index contributed by atoms with van der Waals surface area (Å²) in [6, 6.07) is 0. The van der Waals surface area contributed by atoms with Gasteiger partial charge in [-0.05, 0) is 25.0 Å². The van der Waals surface area contributed by atoms with E-state index in [2.05, 4.69) is 4.40 Å². The molecule has 9 heteroatoms. The van der Waals surface area contributed by atoms with Crippen LogP contribution in [-0.2, 0) is 19.6 Å². The van der Waals surface area contributed by atoms with Crippen LogP contribution in [0.5, 0.6) is 0 Å². The fourth-order valence-electron chi connectivity index (χ4n) is 3.23. The van der Waals surface area contributed by atoms with Crippen LogP contribution >= 0.6 is 0 Å². The van der Waals surface area contributed by atoms with E-state index in [4.69, 9.17) is 0 Å². The molecule has 0 spiro atoms. The molecule has 3 aliphatic heterocycles. The summed E-state index contributed by atoms with van der Waals surface area (Å²) in [4.78, 5) is 30.1. The van der Waals surface area contributed by atoms with Crippen LogP contribution in [-0.4, -0.2) is 79.2 Å². The number of nitrogens with zero attached hydrogens (tertiary/aromatic N) is 4. The summed E-state index contributed by atoms with van der Waals surface area (Å²) < 4.78 is 26.8. The van der Waals surface area contributed by atoms with E-state index >= 15 is 0 Å². The van der Waals surface area contributed by atoms with E-state index in [1.54, 1.807) is 28.2 Å². The fourth-order valence-corrected chi connectivity index (χ4v) is 4.20. The quantitative estimate of drug-likeness (QED) is 0.663. The molecule has 2 fully saturated rings. The monoisotopic (exact) mass is 364 g/mol. The predicted octanol–water partition coefficient (Wildman–Crippen LogP) is -0.435. The number of carbonyl (C=O) groups excluding carboxylic acids is 2. The Labute approximate surface area is 146 Å². The maximum Gasteiger partial charge on any atom is 0.256 e. The summed E-state index contributed by atoms with van der Waals surface area (Å²) in [5, 5.41) is 0. The van der Waals surface area contributed by atoms with Gasteiger partial charge in [0.05, 0.1) is 11.3 Å². The Morgan fingerprint density at radius 1 is 1.00 bits per heavy atom. The highest BCUT2D eigenvalue weighted by atomic mass is 32.2. The van der Waals surface area contributed by atoms with Crippen LogP contribution in [0.25, 0.3) is 0 Å². The van der Waals surface area contributed by atoms with Gasteiger partial charge in [0.1, 0.15) is 5.84 Å². The molecule has 0 aromatic rings. The van der Waals surface area contributed by atoms with Gasteiger partial charge in [-0.2, -0.15) is 0 Å². The van der Waals surface area contributed by atoms with E-state index in [1.807, 2.05) is 4.90 Å². The SMILES string of the molecule is O=C(C1=CN2CCS(=O)(=O)N=C2C=C1)N1CCN(C(=O)C2CC2)CC1. The van der Waals surface area contributed by atoms with Gasteiger partial charge in [-0.25, -0.2) is 8.42 Å². The molecule has 2 amide bonds. The van der Waals surface area contributed by atoms with E-state index in [0.717, 1.165) is 12.8 Å². The molecule has 0 aromatic carbocycles. The van der Waals surface area contributed by atoms with E-state index in [9.17, 15) is 18.0 Å². The van der Waals surface area contributed by atoms with Crippen molar-refractivity contribution in [3.8, 4) is 0 Å². The third-order valence-corrected chi connectivity index (χ3v) is 6.04. The second-order valence-electron chi connectivity index (χ2n) is 6.74. The molecule has 0 aromatic heterocycles. The molecule has 3 heterocycles. The van der Waals surface area contributed by atoms with Crippen LogP contribution in [0.2, 0.25) is 0 Å². The molecule has 4 rings (SSSR count). The van der Waals surface area contributed by atoms with Gasteiger partial charge in [0.25, 0.3) is 15.9 Å². The van der Waals surface area contributed by atoms with Crippen molar-refractivity contribution in [2.75, 3.05) is 38.5 Å². The van der Waals surface area contributed by atoms with Crippen molar-refractivity contribution >= 4 is 27.7 Å². The van der Waals surface area contributed by atoms with Gasteiger partial charge in [-0.1, -0.05) is 0 Å². The number of hydrogen-bond donors (Lipinski definition) is 0. The van der Waals surface area contributed by atoms with Crippen LogP contribution in [0, 0.1) is 5.92 Å². The fraction of sp³-hybridized carbons (Fsp3) is 0.562. The lowest BCUT2D eigenvalue weighted by atomic mass is 10.1. The summed E-state index contributed by atoms with van der Waals surface area (Å²) in [6.45, 7) is 2.50. The molecular weight excluding hydrogens is 344 g/mol. The maximum absolute atomic E-state index is 12.7. The largest absolute Gasteiger partial charge is 0.339 e. The molecule has 1 aliphatic carbocycles. The van der Waals surface area contributed by atoms with Crippen LogP contribution in [0.1, 0.15) is 12.8 Å². The molecule has 1 saturated carbocycles. The number of carbonyl (C=O) groups is 2. The second kappa shape index (κ2) is 5.98. The first kappa shape index (κ1) is 16.3. The molecule has 0 bridgehead atoms. The Morgan fingerprint density at radius 3 is 2.36 bits per heavy atom. The average Bonchev–Trinajstić information content (AvgIpc) is 3.44. The Kier molecular flexibility index (Phi) is 3.90. The van der Waals surface area contributed by atoms with E-state index < -0.39 is 10.0 Å². The molecule has 134 valence electrons. The highest BCUT2D eigenvalue weighted by Crippen LogP contribution is 2.31. The molecular formula is C16H20N4O4S. The molecule has 4 aliphatic rings. The summed E-state index contributed by atoms with van der Waals surface area (Å²) in [6.07, 6.45) is 6.82. The lowest BCUT2D eigenvalue weighted by molar-refractivity contribution is -0.138. The highest BCUT2D eigenvalue weighted by Gasteiger charge is 2.35. The Bertz CT molecular complexity index is 802.